The Kier molecular flexibility index (Phi) is 7.38. The highest BCUT2D eigenvalue weighted by Gasteiger charge is 2.30. The minimum Gasteiger partial charge on any atom is -0.497 e. The van der Waals surface area contributed by atoms with Crippen LogP contribution in [0.1, 0.15) is 56.9 Å². The van der Waals surface area contributed by atoms with Gasteiger partial charge in [-0.15, -0.1) is 0 Å². The molecule has 0 radical (unpaired) electrons. The number of hydrogen-bond donors (Lipinski definition) is 0. The van der Waals surface area contributed by atoms with E-state index in [9.17, 15) is 13.2 Å². The van der Waals surface area contributed by atoms with Gasteiger partial charge < -0.3 is 9.64 Å². The fourth-order valence-corrected chi connectivity index (χ4v) is 6.28. The van der Waals surface area contributed by atoms with Gasteiger partial charge >= 0.3 is 0 Å². The molecule has 156 valence electrons. The highest BCUT2D eigenvalue weighted by atomic mass is 32.2. The Morgan fingerprint density at radius 3 is 2.32 bits per heavy atom. The van der Waals surface area contributed by atoms with E-state index in [0.29, 0.717) is 5.92 Å². The molecular formula is C22H33NO4S. The SMILES string of the molecule is COc1ccc(CCC2CCN(C(=O)CCS(=O)(=O)C3CCCC3)CC2)cc1. The summed E-state index contributed by atoms with van der Waals surface area (Å²) in [6, 6.07) is 8.22. The number of carbonyl (C=O) groups excluding carboxylic acids is 1. The van der Waals surface area contributed by atoms with Gasteiger partial charge in [-0.05, 0) is 62.1 Å². The second-order valence-electron chi connectivity index (χ2n) is 8.23. The van der Waals surface area contributed by atoms with Crippen molar-refractivity contribution in [1.82, 2.24) is 4.90 Å². The number of methoxy groups -OCH3 is 1. The number of piperidine rings is 1. The van der Waals surface area contributed by atoms with E-state index in [1.165, 1.54) is 5.56 Å². The van der Waals surface area contributed by atoms with Crippen LogP contribution in [0.25, 0.3) is 0 Å². The number of likely N-dealkylation sites (tertiary alicyclic amines) is 1. The average Bonchev–Trinajstić information content (AvgIpc) is 3.27. The van der Waals surface area contributed by atoms with Gasteiger partial charge in [0.05, 0.1) is 18.1 Å². The van der Waals surface area contributed by atoms with Crippen LogP contribution in [0.4, 0.5) is 0 Å². The second kappa shape index (κ2) is 9.77. The largest absolute Gasteiger partial charge is 0.497 e. The molecule has 1 heterocycles. The molecule has 3 rings (SSSR count). The van der Waals surface area contributed by atoms with Crippen LogP contribution < -0.4 is 4.74 Å². The van der Waals surface area contributed by atoms with E-state index in [4.69, 9.17) is 4.74 Å². The van der Waals surface area contributed by atoms with Gasteiger partial charge in [0, 0.05) is 19.5 Å². The van der Waals surface area contributed by atoms with Gasteiger partial charge in [-0.3, -0.25) is 4.79 Å². The summed E-state index contributed by atoms with van der Waals surface area (Å²) < 4.78 is 29.9. The number of hydrogen-bond acceptors (Lipinski definition) is 4. The van der Waals surface area contributed by atoms with Gasteiger partial charge in [-0.2, -0.15) is 0 Å². The maximum Gasteiger partial charge on any atom is 0.223 e. The summed E-state index contributed by atoms with van der Waals surface area (Å²) in [5.41, 5.74) is 1.32. The summed E-state index contributed by atoms with van der Waals surface area (Å²) in [4.78, 5) is 14.3. The summed E-state index contributed by atoms with van der Waals surface area (Å²) in [5, 5.41) is -0.205. The molecule has 1 aromatic carbocycles. The van der Waals surface area contributed by atoms with E-state index in [1.54, 1.807) is 7.11 Å². The number of sulfone groups is 1. The van der Waals surface area contributed by atoms with Gasteiger partial charge in [-0.1, -0.05) is 25.0 Å². The Bertz CT molecular complexity index is 730. The summed E-state index contributed by atoms with van der Waals surface area (Å²) in [6.45, 7) is 1.52. The molecule has 1 aliphatic carbocycles. The number of nitrogens with zero attached hydrogens (tertiary/aromatic N) is 1. The highest BCUT2D eigenvalue weighted by molar-refractivity contribution is 7.92. The van der Waals surface area contributed by atoms with Crippen LogP contribution >= 0.6 is 0 Å². The van der Waals surface area contributed by atoms with Crippen molar-refractivity contribution in [1.29, 1.82) is 0 Å². The molecule has 1 aromatic rings. The Hall–Kier alpha value is -1.56. The molecule has 1 saturated carbocycles. The minimum atomic E-state index is -3.11. The molecule has 5 nitrogen and oxygen atoms in total. The monoisotopic (exact) mass is 407 g/mol. The fourth-order valence-electron chi connectivity index (χ4n) is 4.44. The lowest BCUT2D eigenvalue weighted by Crippen LogP contribution is -2.39. The third kappa shape index (κ3) is 5.72. The molecule has 6 heteroatoms. The van der Waals surface area contributed by atoms with Crippen molar-refractivity contribution in [3.05, 3.63) is 29.8 Å². The smallest absolute Gasteiger partial charge is 0.223 e. The topological polar surface area (TPSA) is 63.7 Å². The van der Waals surface area contributed by atoms with Crippen LogP contribution in [-0.4, -0.2) is 50.4 Å². The molecular weight excluding hydrogens is 374 g/mol. The van der Waals surface area contributed by atoms with E-state index in [2.05, 4.69) is 12.1 Å². The third-order valence-electron chi connectivity index (χ3n) is 6.38. The Morgan fingerprint density at radius 2 is 1.71 bits per heavy atom. The maximum atomic E-state index is 12.5. The molecule has 0 aromatic heterocycles. The van der Waals surface area contributed by atoms with Crippen LogP contribution in [-0.2, 0) is 21.1 Å². The number of rotatable bonds is 8. The molecule has 0 spiro atoms. The van der Waals surface area contributed by atoms with E-state index in [-0.39, 0.29) is 23.3 Å². The number of benzene rings is 1. The first-order valence-corrected chi connectivity index (χ1v) is 12.3. The third-order valence-corrected chi connectivity index (χ3v) is 8.64. The second-order valence-corrected chi connectivity index (χ2v) is 10.6. The maximum absolute atomic E-state index is 12.5. The van der Waals surface area contributed by atoms with Gasteiger partial charge in [0.1, 0.15) is 5.75 Å². The number of carbonyl (C=O) groups is 1. The lowest BCUT2D eigenvalue weighted by molar-refractivity contribution is -0.132. The predicted molar refractivity (Wildman–Crippen MR) is 111 cm³/mol. The fraction of sp³-hybridized carbons (Fsp3) is 0.682. The van der Waals surface area contributed by atoms with Gasteiger partial charge in [0.2, 0.25) is 5.91 Å². The quantitative estimate of drug-likeness (QED) is 0.660. The van der Waals surface area contributed by atoms with Crippen LogP contribution in [0.5, 0.6) is 5.75 Å². The summed E-state index contributed by atoms with van der Waals surface area (Å²) in [5.74, 6) is 1.54. The van der Waals surface area contributed by atoms with E-state index in [0.717, 1.165) is 70.2 Å². The molecule has 2 aliphatic rings. The lowest BCUT2D eigenvalue weighted by atomic mass is 9.90. The van der Waals surface area contributed by atoms with Crippen molar-refractivity contribution in [2.24, 2.45) is 5.92 Å². The average molecular weight is 408 g/mol. The molecule has 0 N–H and O–H groups in total. The van der Waals surface area contributed by atoms with E-state index >= 15 is 0 Å². The van der Waals surface area contributed by atoms with Crippen molar-refractivity contribution >= 4 is 15.7 Å². The zero-order chi connectivity index (χ0) is 20.0. The van der Waals surface area contributed by atoms with Crippen molar-refractivity contribution in [3.8, 4) is 5.75 Å². The van der Waals surface area contributed by atoms with Gasteiger partial charge in [-0.25, -0.2) is 8.42 Å². The molecule has 0 atom stereocenters. The van der Waals surface area contributed by atoms with Crippen LogP contribution in [0.3, 0.4) is 0 Å². The van der Waals surface area contributed by atoms with Crippen molar-refractivity contribution < 1.29 is 17.9 Å². The normalized spacial score (nSPS) is 19.1. The number of aryl methyl sites for hydroxylation is 1. The molecule has 1 aliphatic heterocycles. The van der Waals surface area contributed by atoms with Gasteiger partial charge in [0.25, 0.3) is 0 Å². The standard InChI is InChI=1S/C22H33NO4S/c1-27-20-10-8-18(9-11-20)6-7-19-12-15-23(16-13-19)22(24)14-17-28(25,26)21-4-2-3-5-21/h8-11,19,21H,2-7,12-17H2,1H3. The number of amides is 1. The van der Waals surface area contributed by atoms with Crippen LogP contribution in [0, 0.1) is 5.92 Å². The summed E-state index contributed by atoms with van der Waals surface area (Å²) in [7, 11) is -1.43. The minimum absolute atomic E-state index is 0.00942. The molecule has 0 unspecified atom stereocenters. The zero-order valence-corrected chi connectivity index (χ0v) is 17.8. The molecule has 0 bridgehead atoms. The molecule has 28 heavy (non-hydrogen) atoms. The van der Waals surface area contributed by atoms with Crippen molar-refractivity contribution in [2.45, 2.75) is 63.0 Å². The zero-order valence-electron chi connectivity index (χ0n) is 16.9. The van der Waals surface area contributed by atoms with Crippen molar-refractivity contribution in [3.63, 3.8) is 0 Å². The van der Waals surface area contributed by atoms with Crippen molar-refractivity contribution in [2.75, 3.05) is 26.0 Å². The summed E-state index contributed by atoms with van der Waals surface area (Å²) >= 11 is 0. The lowest BCUT2D eigenvalue weighted by Gasteiger charge is -2.32. The first-order valence-electron chi connectivity index (χ1n) is 10.6. The first kappa shape index (κ1) is 21.2. The number of ether oxygens (including phenoxy) is 1. The van der Waals surface area contributed by atoms with Crippen LogP contribution in [0.2, 0.25) is 0 Å². The Labute approximate surface area is 169 Å². The Morgan fingerprint density at radius 1 is 1.07 bits per heavy atom. The Balaban J connectivity index is 1.37. The molecule has 1 amide bonds. The highest BCUT2D eigenvalue weighted by Crippen LogP contribution is 2.26. The van der Waals surface area contributed by atoms with E-state index < -0.39 is 9.84 Å². The predicted octanol–water partition coefficient (Wildman–Crippen LogP) is 3.61. The van der Waals surface area contributed by atoms with Crippen LogP contribution in [0.15, 0.2) is 24.3 Å². The van der Waals surface area contributed by atoms with Gasteiger partial charge in [0.15, 0.2) is 9.84 Å². The molecule has 2 fully saturated rings. The summed E-state index contributed by atoms with van der Waals surface area (Å²) in [6.07, 6.45) is 7.90. The molecule has 1 saturated heterocycles. The van der Waals surface area contributed by atoms with E-state index in [1.807, 2.05) is 17.0 Å². The first-order chi connectivity index (χ1) is 13.5.